The van der Waals surface area contributed by atoms with Crippen molar-refractivity contribution in [3.8, 4) is 0 Å². The normalized spacial score (nSPS) is 12.7. The zero-order valence-corrected chi connectivity index (χ0v) is 17.2. The maximum Gasteiger partial charge on any atom is 0.335 e. The smallest absolute Gasteiger partial charge is 0.335 e. The number of hydrogen-bond acceptors (Lipinski definition) is 3. The second kappa shape index (κ2) is 9.83. The van der Waals surface area contributed by atoms with E-state index in [0.717, 1.165) is 11.1 Å². The molecule has 5 nitrogen and oxygen atoms in total. The number of nitrogens with zero attached hydrogens (tertiary/aromatic N) is 2. The lowest BCUT2D eigenvalue weighted by atomic mass is 9.97. The zero-order chi connectivity index (χ0) is 21.5. The maximum absolute atomic E-state index is 13.3. The van der Waals surface area contributed by atoms with Gasteiger partial charge in [0.05, 0.1) is 5.56 Å². The molecule has 1 N–H and O–H groups in total. The molecule has 1 heterocycles. The Balaban J connectivity index is 1.87. The van der Waals surface area contributed by atoms with Gasteiger partial charge >= 0.3 is 5.97 Å². The Morgan fingerprint density at radius 2 is 1.37 bits per heavy atom. The number of carbonyl (C=O) groups excluding carboxylic acids is 1. The standard InChI is InChI=1S/C25H26N2O3/c1-18(20-9-5-3-6-10-20)16-27(17-19(2)21-11-7-4-8-12-21)24(28)23-15-22(25(29)30)13-14-26-23/h3-15,18-19H,16-17H2,1-2H3,(H,29,30). The molecule has 0 aliphatic heterocycles. The number of carboxylic acid groups (broad SMARTS) is 1. The Kier molecular flexibility index (Phi) is 6.96. The minimum atomic E-state index is -1.08. The molecule has 0 aliphatic carbocycles. The number of amides is 1. The van der Waals surface area contributed by atoms with Crippen molar-refractivity contribution < 1.29 is 14.7 Å². The summed E-state index contributed by atoms with van der Waals surface area (Å²) in [6.45, 7) is 5.20. The summed E-state index contributed by atoms with van der Waals surface area (Å²) in [6, 6.07) is 22.8. The van der Waals surface area contributed by atoms with Crippen molar-refractivity contribution >= 4 is 11.9 Å². The van der Waals surface area contributed by atoms with Gasteiger partial charge < -0.3 is 10.0 Å². The van der Waals surface area contributed by atoms with Crippen LogP contribution in [-0.2, 0) is 0 Å². The van der Waals surface area contributed by atoms with Crippen LogP contribution in [0, 0.1) is 0 Å². The zero-order valence-electron chi connectivity index (χ0n) is 17.2. The summed E-state index contributed by atoms with van der Waals surface area (Å²) in [7, 11) is 0. The molecular formula is C25H26N2O3. The first-order valence-corrected chi connectivity index (χ1v) is 10.0. The molecule has 2 atom stereocenters. The molecule has 0 radical (unpaired) electrons. The predicted octanol–water partition coefficient (Wildman–Crippen LogP) is 4.83. The van der Waals surface area contributed by atoms with Gasteiger partial charge in [0, 0.05) is 19.3 Å². The van der Waals surface area contributed by atoms with Crippen LogP contribution in [0.4, 0.5) is 0 Å². The van der Waals surface area contributed by atoms with E-state index in [1.807, 2.05) is 36.4 Å². The fourth-order valence-electron chi connectivity index (χ4n) is 3.52. The van der Waals surface area contributed by atoms with Crippen LogP contribution in [0.25, 0.3) is 0 Å². The van der Waals surface area contributed by atoms with E-state index >= 15 is 0 Å². The molecule has 154 valence electrons. The highest BCUT2D eigenvalue weighted by atomic mass is 16.4. The second-order valence-corrected chi connectivity index (χ2v) is 7.57. The van der Waals surface area contributed by atoms with Crippen molar-refractivity contribution in [2.75, 3.05) is 13.1 Å². The fraction of sp³-hybridized carbons (Fsp3) is 0.240. The molecule has 1 amide bonds. The van der Waals surface area contributed by atoms with Crippen molar-refractivity contribution in [3.63, 3.8) is 0 Å². The molecule has 1 aromatic heterocycles. The Labute approximate surface area is 177 Å². The van der Waals surface area contributed by atoms with Gasteiger partial charge in [-0.3, -0.25) is 9.78 Å². The molecule has 30 heavy (non-hydrogen) atoms. The molecule has 0 saturated heterocycles. The van der Waals surface area contributed by atoms with E-state index in [1.165, 1.54) is 18.3 Å². The van der Waals surface area contributed by atoms with E-state index in [1.54, 1.807) is 4.90 Å². The molecule has 5 heteroatoms. The molecule has 0 aliphatic rings. The van der Waals surface area contributed by atoms with Crippen LogP contribution in [0.15, 0.2) is 79.0 Å². The van der Waals surface area contributed by atoms with E-state index in [-0.39, 0.29) is 29.0 Å². The molecule has 3 rings (SSSR count). The van der Waals surface area contributed by atoms with Crippen molar-refractivity contribution in [1.29, 1.82) is 0 Å². The third-order valence-electron chi connectivity index (χ3n) is 5.24. The summed E-state index contributed by atoms with van der Waals surface area (Å²) < 4.78 is 0. The van der Waals surface area contributed by atoms with Gasteiger partial charge in [-0.15, -0.1) is 0 Å². The molecule has 0 saturated carbocycles. The number of carboxylic acids is 1. The van der Waals surface area contributed by atoms with E-state index in [4.69, 9.17) is 0 Å². The van der Waals surface area contributed by atoms with Gasteiger partial charge in [-0.25, -0.2) is 4.79 Å². The van der Waals surface area contributed by atoms with Crippen LogP contribution in [0.3, 0.4) is 0 Å². The fourth-order valence-corrected chi connectivity index (χ4v) is 3.52. The number of benzene rings is 2. The summed E-state index contributed by atoms with van der Waals surface area (Å²) in [6.07, 6.45) is 1.37. The molecule has 0 bridgehead atoms. The van der Waals surface area contributed by atoms with Crippen LogP contribution in [0.1, 0.15) is 57.7 Å². The molecule has 3 aromatic rings. The van der Waals surface area contributed by atoms with Crippen molar-refractivity contribution in [3.05, 3.63) is 101 Å². The third kappa shape index (κ3) is 5.32. The highest BCUT2D eigenvalue weighted by Crippen LogP contribution is 2.22. The first-order chi connectivity index (χ1) is 14.5. The highest BCUT2D eigenvalue weighted by Gasteiger charge is 2.23. The van der Waals surface area contributed by atoms with E-state index in [9.17, 15) is 14.7 Å². The van der Waals surface area contributed by atoms with Crippen LogP contribution >= 0.6 is 0 Å². The summed E-state index contributed by atoms with van der Waals surface area (Å²) in [5.41, 5.74) is 2.50. The first kappa shape index (κ1) is 21.2. The minimum Gasteiger partial charge on any atom is -0.478 e. The van der Waals surface area contributed by atoms with Crippen LogP contribution in [0.2, 0.25) is 0 Å². The number of rotatable bonds is 8. The molecule has 0 fully saturated rings. The lowest BCUT2D eigenvalue weighted by Crippen LogP contribution is -2.37. The second-order valence-electron chi connectivity index (χ2n) is 7.57. The number of pyridine rings is 1. The van der Waals surface area contributed by atoms with Gasteiger partial charge in [0.2, 0.25) is 0 Å². The maximum atomic E-state index is 13.3. The number of carbonyl (C=O) groups is 2. The van der Waals surface area contributed by atoms with E-state index < -0.39 is 5.97 Å². The van der Waals surface area contributed by atoms with Crippen molar-refractivity contribution in [2.45, 2.75) is 25.7 Å². The average Bonchev–Trinajstić information content (AvgIpc) is 2.79. The van der Waals surface area contributed by atoms with Gasteiger partial charge in [0.1, 0.15) is 5.69 Å². The number of aromatic carboxylic acids is 1. The van der Waals surface area contributed by atoms with Crippen LogP contribution in [-0.4, -0.2) is 40.0 Å². The quantitative estimate of drug-likeness (QED) is 0.586. The SMILES string of the molecule is CC(CN(CC(C)c1ccccc1)C(=O)c1cc(C(=O)O)ccn1)c1ccccc1. The van der Waals surface area contributed by atoms with Crippen molar-refractivity contribution in [1.82, 2.24) is 9.88 Å². The topological polar surface area (TPSA) is 70.5 Å². The van der Waals surface area contributed by atoms with E-state index in [0.29, 0.717) is 13.1 Å². The van der Waals surface area contributed by atoms with Crippen molar-refractivity contribution in [2.24, 2.45) is 0 Å². The molecular weight excluding hydrogens is 376 g/mol. The Morgan fingerprint density at radius 1 is 0.867 bits per heavy atom. The largest absolute Gasteiger partial charge is 0.478 e. The summed E-state index contributed by atoms with van der Waals surface area (Å²) >= 11 is 0. The summed E-state index contributed by atoms with van der Waals surface area (Å²) in [5, 5.41) is 9.27. The lowest BCUT2D eigenvalue weighted by molar-refractivity contribution is 0.0696. The highest BCUT2D eigenvalue weighted by molar-refractivity contribution is 5.95. The Morgan fingerprint density at radius 3 is 1.83 bits per heavy atom. The Bertz CT molecular complexity index is 942. The average molecular weight is 402 g/mol. The molecule has 2 aromatic carbocycles. The number of aromatic nitrogens is 1. The Hall–Kier alpha value is -3.47. The summed E-state index contributed by atoms with van der Waals surface area (Å²) in [5.74, 6) is -1.08. The van der Waals surface area contributed by atoms with Gasteiger partial charge in [-0.1, -0.05) is 74.5 Å². The monoisotopic (exact) mass is 402 g/mol. The van der Waals surface area contributed by atoms with Gasteiger partial charge in [0.15, 0.2) is 0 Å². The lowest BCUT2D eigenvalue weighted by Gasteiger charge is -2.29. The van der Waals surface area contributed by atoms with Gasteiger partial charge in [0.25, 0.3) is 5.91 Å². The van der Waals surface area contributed by atoms with Crippen LogP contribution < -0.4 is 0 Å². The molecule has 2 unspecified atom stereocenters. The number of hydrogen-bond donors (Lipinski definition) is 1. The van der Waals surface area contributed by atoms with Crippen LogP contribution in [0.5, 0.6) is 0 Å². The first-order valence-electron chi connectivity index (χ1n) is 10.0. The predicted molar refractivity (Wildman–Crippen MR) is 117 cm³/mol. The van der Waals surface area contributed by atoms with E-state index in [2.05, 4.69) is 43.1 Å². The molecule has 0 spiro atoms. The summed E-state index contributed by atoms with van der Waals surface area (Å²) in [4.78, 5) is 30.6. The van der Waals surface area contributed by atoms with Gasteiger partial charge in [-0.2, -0.15) is 0 Å². The third-order valence-corrected chi connectivity index (χ3v) is 5.24. The van der Waals surface area contributed by atoms with Gasteiger partial charge in [-0.05, 0) is 35.1 Å². The minimum absolute atomic E-state index is 0.0560.